The van der Waals surface area contributed by atoms with E-state index < -0.39 is 0 Å². The van der Waals surface area contributed by atoms with E-state index in [1.807, 2.05) is 29.2 Å². The van der Waals surface area contributed by atoms with Gasteiger partial charge in [0.25, 0.3) is 0 Å². The van der Waals surface area contributed by atoms with Crippen molar-refractivity contribution in [1.29, 1.82) is 0 Å². The quantitative estimate of drug-likeness (QED) is 0.569. The summed E-state index contributed by atoms with van der Waals surface area (Å²) in [6.07, 6.45) is 3.47. The van der Waals surface area contributed by atoms with Gasteiger partial charge in [-0.3, -0.25) is 9.78 Å². The van der Waals surface area contributed by atoms with Crippen LogP contribution in [0.2, 0.25) is 0 Å². The molecule has 1 amide bonds. The zero-order chi connectivity index (χ0) is 19.3. The van der Waals surface area contributed by atoms with Crippen LogP contribution < -0.4 is 4.90 Å². The van der Waals surface area contributed by atoms with Gasteiger partial charge in [-0.25, -0.2) is 4.68 Å². The second-order valence-electron chi connectivity index (χ2n) is 6.25. The van der Waals surface area contributed by atoms with E-state index in [0.29, 0.717) is 24.0 Å². The van der Waals surface area contributed by atoms with Crippen molar-refractivity contribution in [3.05, 3.63) is 36.7 Å². The number of tetrazole rings is 1. The maximum Gasteiger partial charge on any atom is 0.233 e. The highest BCUT2D eigenvalue weighted by molar-refractivity contribution is 7.99. The largest absolute Gasteiger partial charge is 0.352 e. The Balaban J connectivity index is 1.30. The van der Waals surface area contributed by atoms with Crippen LogP contribution in [-0.4, -0.2) is 78.1 Å². The first kappa shape index (κ1) is 18.3. The number of nitrogens with zero attached hydrogens (tertiary/aromatic N) is 9. The van der Waals surface area contributed by atoms with Gasteiger partial charge < -0.3 is 9.80 Å². The fourth-order valence-electron chi connectivity index (χ4n) is 2.92. The van der Waals surface area contributed by atoms with Crippen LogP contribution in [0.3, 0.4) is 0 Å². The lowest BCUT2D eigenvalue weighted by atomic mass is 10.2. The van der Waals surface area contributed by atoms with E-state index in [1.165, 1.54) is 11.8 Å². The molecule has 0 radical (unpaired) electrons. The summed E-state index contributed by atoms with van der Waals surface area (Å²) in [6, 6.07) is 7.74. The lowest BCUT2D eigenvalue weighted by Crippen LogP contribution is -2.49. The third-order valence-corrected chi connectivity index (χ3v) is 5.48. The van der Waals surface area contributed by atoms with Crippen LogP contribution in [0.4, 0.5) is 5.82 Å². The molecule has 0 atom stereocenters. The van der Waals surface area contributed by atoms with Gasteiger partial charge in [0.1, 0.15) is 0 Å². The predicted molar refractivity (Wildman–Crippen MR) is 104 cm³/mol. The first-order valence-corrected chi connectivity index (χ1v) is 9.81. The number of aryl methyl sites for hydroxylation is 1. The lowest BCUT2D eigenvalue weighted by Gasteiger charge is -2.35. The molecule has 0 aromatic carbocycles. The minimum Gasteiger partial charge on any atom is -0.352 e. The maximum absolute atomic E-state index is 12.4. The Bertz CT molecular complexity index is 923. The van der Waals surface area contributed by atoms with E-state index in [0.717, 1.165) is 30.2 Å². The number of carbonyl (C=O) groups excluding carboxylic acids is 1. The van der Waals surface area contributed by atoms with Crippen molar-refractivity contribution >= 4 is 23.5 Å². The number of anilines is 1. The topological polar surface area (TPSA) is 106 Å². The van der Waals surface area contributed by atoms with Crippen LogP contribution in [0.1, 0.15) is 0 Å². The SMILES string of the molecule is Cn1nnnc1SCC(=O)N1CCN(c2ccc(-c3ccncc3)nn2)CC1. The Kier molecular flexibility index (Phi) is 5.42. The van der Waals surface area contributed by atoms with Gasteiger partial charge in [0.15, 0.2) is 5.82 Å². The Labute approximate surface area is 166 Å². The number of piperazine rings is 1. The molecule has 3 aromatic rings. The Morgan fingerprint density at radius 2 is 1.82 bits per heavy atom. The summed E-state index contributed by atoms with van der Waals surface area (Å²) in [5, 5.41) is 20.5. The van der Waals surface area contributed by atoms with Crippen molar-refractivity contribution in [3.8, 4) is 11.3 Å². The van der Waals surface area contributed by atoms with E-state index >= 15 is 0 Å². The number of hydrogen-bond acceptors (Lipinski definition) is 9. The molecular weight excluding hydrogens is 378 g/mol. The van der Waals surface area contributed by atoms with Gasteiger partial charge in [0.2, 0.25) is 11.1 Å². The number of hydrogen-bond donors (Lipinski definition) is 0. The molecule has 3 aromatic heterocycles. The fraction of sp³-hybridized carbons (Fsp3) is 0.353. The van der Waals surface area contributed by atoms with Gasteiger partial charge in [-0.1, -0.05) is 11.8 Å². The molecule has 4 rings (SSSR count). The number of rotatable bonds is 5. The molecule has 1 fully saturated rings. The molecule has 1 aliphatic heterocycles. The number of amides is 1. The normalized spacial score (nSPS) is 14.3. The van der Waals surface area contributed by atoms with Crippen LogP contribution in [-0.2, 0) is 11.8 Å². The van der Waals surface area contributed by atoms with Crippen LogP contribution in [0.5, 0.6) is 0 Å². The van der Waals surface area contributed by atoms with Gasteiger partial charge in [-0.05, 0) is 34.7 Å². The standard InChI is InChI=1S/C17H19N9OS/c1-24-17(21-22-23-24)28-12-16(27)26-10-8-25(9-11-26)15-3-2-14(19-20-15)13-4-6-18-7-5-13/h2-7H,8-12H2,1H3. The monoisotopic (exact) mass is 397 g/mol. The molecule has 0 bridgehead atoms. The van der Waals surface area contributed by atoms with E-state index in [9.17, 15) is 4.79 Å². The van der Waals surface area contributed by atoms with Crippen molar-refractivity contribution < 1.29 is 4.79 Å². The minimum absolute atomic E-state index is 0.0896. The molecular formula is C17H19N9OS. The molecule has 144 valence electrons. The Morgan fingerprint density at radius 3 is 2.46 bits per heavy atom. The molecule has 28 heavy (non-hydrogen) atoms. The lowest BCUT2D eigenvalue weighted by molar-refractivity contribution is -0.128. The summed E-state index contributed by atoms with van der Waals surface area (Å²) in [7, 11) is 1.76. The molecule has 0 aliphatic carbocycles. The van der Waals surface area contributed by atoms with Gasteiger partial charge >= 0.3 is 0 Å². The number of carbonyl (C=O) groups is 1. The zero-order valence-corrected chi connectivity index (χ0v) is 16.2. The zero-order valence-electron chi connectivity index (χ0n) is 15.3. The van der Waals surface area contributed by atoms with E-state index in [1.54, 1.807) is 24.1 Å². The Hall–Kier alpha value is -3.08. The summed E-state index contributed by atoms with van der Waals surface area (Å²) in [5.74, 6) is 1.24. The third kappa shape index (κ3) is 4.09. The molecule has 0 spiro atoms. The predicted octanol–water partition coefficient (Wildman–Crippen LogP) is 0.503. The van der Waals surface area contributed by atoms with Gasteiger partial charge in [0, 0.05) is 51.2 Å². The average Bonchev–Trinajstić information content (AvgIpc) is 3.17. The minimum atomic E-state index is 0.0896. The highest BCUT2D eigenvalue weighted by atomic mass is 32.2. The molecule has 1 saturated heterocycles. The number of aromatic nitrogens is 7. The summed E-state index contributed by atoms with van der Waals surface area (Å²) in [6.45, 7) is 2.77. The molecule has 0 unspecified atom stereocenters. The first-order valence-electron chi connectivity index (χ1n) is 8.83. The molecule has 4 heterocycles. The maximum atomic E-state index is 12.4. The third-order valence-electron chi connectivity index (χ3n) is 4.49. The molecule has 1 aliphatic rings. The molecule has 10 nitrogen and oxygen atoms in total. The van der Waals surface area contributed by atoms with Crippen molar-refractivity contribution in [2.24, 2.45) is 7.05 Å². The highest BCUT2D eigenvalue weighted by Gasteiger charge is 2.22. The summed E-state index contributed by atoms with van der Waals surface area (Å²) in [4.78, 5) is 20.5. The highest BCUT2D eigenvalue weighted by Crippen LogP contribution is 2.19. The van der Waals surface area contributed by atoms with Gasteiger partial charge in [-0.2, -0.15) is 0 Å². The summed E-state index contributed by atoms with van der Waals surface area (Å²) in [5.41, 5.74) is 1.80. The van der Waals surface area contributed by atoms with Gasteiger partial charge in [0.05, 0.1) is 11.4 Å². The second kappa shape index (κ2) is 8.30. The van der Waals surface area contributed by atoms with Crippen LogP contribution in [0, 0.1) is 0 Å². The summed E-state index contributed by atoms with van der Waals surface area (Å²) >= 11 is 1.35. The molecule has 0 saturated carbocycles. The first-order chi connectivity index (χ1) is 13.7. The van der Waals surface area contributed by atoms with Crippen molar-refractivity contribution in [2.75, 3.05) is 36.8 Å². The molecule has 0 N–H and O–H groups in total. The molecule has 11 heteroatoms. The van der Waals surface area contributed by atoms with E-state index in [2.05, 4.69) is 35.6 Å². The van der Waals surface area contributed by atoms with Crippen LogP contribution >= 0.6 is 11.8 Å². The van der Waals surface area contributed by atoms with Crippen LogP contribution in [0.25, 0.3) is 11.3 Å². The Morgan fingerprint density at radius 1 is 1.04 bits per heavy atom. The smallest absolute Gasteiger partial charge is 0.233 e. The van der Waals surface area contributed by atoms with Crippen LogP contribution in [0.15, 0.2) is 41.8 Å². The van der Waals surface area contributed by atoms with Crippen molar-refractivity contribution in [1.82, 2.24) is 40.3 Å². The average molecular weight is 397 g/mol. The van der Waals surface area contributed by atoms with Gasteiger partial charge in [-0.15, -0.1) is 15.3 Å². The van der Waals surface area contributed by atoms with E-state index in [-0.39, 0.29) is 5.91 Å². The van der Waals surface area contributed by atoms with Crippen molar-refractivity contribution in [2.45, 2.75) is 5.16 Å². The number of thioether (sulfide) groups is 1. The fourth-order valence-corrected chi connectivity index (χ4v) is 3.67. The van der Waals surface area contributed by atoms with E-state index in [4.69, 9.17) is 0 Å². The summed E-state index contributed by atoms with van der Waals surface area (Å²) < 4.78 is 1.56. The van der Waals surface area contributed by atoms with Crippen molar-refractivity contribution in [3.63, 3.8) is 0 Å². The number of pyridine rings is 1. The second-order valence-corrected chi connectivity index (χ2v) is 7.20.